The van der Waals surface area contributed by atoms with Crippen LogP contribution in [0.25, 0.3) is 0 Å². The number of methoxy groups -OCH3 is 1. The van der Waals surface area contributed by atoms with Crippen LogP contribution in [-0.4, -0.2) is 41.2 Å². The molecule has 0 bridgehead atoms. The van der Waals surface area contributed by atoms with Gasteiger partial charge in [0.25, 0.3) is 5.79 Å². The highest BCUT2D eigenvalue weighted by molar-refractivity contribution is 9.10. The summed E-state index contributed by atoms with van der Waals surface area (Å²) in [7, 11) is 0.270. The van der Waals surface area contributed by atoms with Gasteiger partial charge in [-0.3, -0.25) is 0 Å². The van der Waals surface area contributed by atoms with Gasteiger partial charge in [0.1, 0.15) is 11.6 Å². The average Bonchev–Trinajstić information content (AvgIpc) is 3.01. The number of ether oxygens (including phenoxy) is 3. The first-order valence-electron chi connectivity index (χ1n) is 12.6. The number of fused-ring (bicyclic) bond motifs is 1. The van der Waals surface area contributed by atoms with E-state index in [0.717, 1.165) is 34.9 Å². The van der Waals surface area contributed by atoms with Crippen LogP contribution in [0, 0.1) is 28.6 Å². The highest BCUT2D eigenvalue weighted by Gasteiger charge is 2.72. The van der Waals surface area contributed by atoms with Crippen molar-refractivity contribution >= 4 is 26.9 Å². The summed E-state index contributed by atoms with van der Waals surface area (Å²) >= 11 is 3.66. The number of halogens is 1. The third kappa shape index (κ3) is 4.66. The van der Waals surface area contributed by atoms with Crippen LogP contribution in [0.4, 0.5) is 0 Å². The number of rotatable bonds is 8. The molecule has 3 rings (SSSR count). The molecule has 0 saturated heterocycles. The van der Waals surface area contributed by atoms with E-state index in [1.165, 1.54) is 0 Å². The van der Waals surface area contributed by atoms with E-state index < -0.39 is 32.5 Å². The fourth-order valence-electron chi connectivity index (χ4n) is 6.72. The molecule has 0 amide bonds. The molecule has 0 aromatic heterocycles. The summed E-state index contributed by atoms with van der Waals surface area (Å²) in [6, 6.07) is 8.66. The molecule has 6 atom stereocenters. The Bertz CT molecular complexity index is 970. The zero-order valence-corrected chi connectivity index (χ0v) is 24.8. The largest absolute Gasteiger partial charge is 0.381 e. The summed E-state index contributed by atoms with van der Waals surface area (Å²) in [4.78, 5) is 0. The summed E-state index contributed by atoms with van der Waals surface area (Å²) in [6.07, 6.45) is 2.40. The molecule has 0 aliphatic heterocycles. The van der Waals surface area contributed by atoms with Gasteiger partial charge in [-0.1, -0.05) is 35.8 Å². The molecule has 1 spiro atoms. The van der Waals surface area contributed by atoms with Crippen molar-refractivity contribution in [2.45, 2.75) is 89.9 Å². The van der Waals surface area contributed by atoms with Crippen molar-refractivity contribution in [1.82, 2.24) is 4.72 Å². The molecule has 1 saturated carbocycles. The molecular formula is C27H41BrN2O4S. The van der Waals surface area contributed by atoms with Gasteiger partial charge in [-0.15, -0.1) is 0 Å². The lowest BCUT2D eigenvalue weighted by Gasteiger charge is -2.58. The van der Waals surface area contributed by atoms with Crippen LogP contribution in [0.3, 0.4) is 0 Å². The quantitative estimate of drug-likeness (QED) is 0.412. The number of hydrogen-bond acceptors (Lipinski definition) is 5. The SMILES string of the molecule is CCOC(C#N)(OCC)[C@]1(N[S@@](=O)C(C)(C)C)c2cc(Br)ccc2CC12C[C@@H](C)C(OC)[C@@H](C)C2. The standard InChI is InChI=1S/C27H41BrN2O4S/c1-9-33-26(17-29,34-10-2)27(30-35(31)24(5,6)7)22-13-21(28)12-11-20(22)16-25(27)14-18(3)23(32-8)19(4)15-25/h11-13,18-19,23,30H,9-10,14-16H2,1-8H3/t18-,19+,23?,25?,27-,35-/m0/s1. The Morgan fingerprint density at radius 3 is 2.20 bits per heavy atom. The van der Waals surface area contributed by atoms with E-state index in [2.05, 4.69) is 52.7 Å². The minimum Gasteiger partial charge on any atom is -0.381 e. The Balaban J connectivity index is 2.43. The lowest BCUT2D eigenvalue weighted by molar-refractivity contribution is -0.271. The number of nitriles is 1. The van der Waals surface area contributed by atoms with Crippen LogP contribution in [0.5, 0.6) is 0 Å². The summed E-state index contributed by atoms with van der Waals surface area (Å²) in [5.41, 5.74) is 0.397. The smallest absolute Gasteiger partial charge is 0.283 e. The van der Waals surface area contributed by atoms with E-state index in [1.54, 1.807) is 7.11 Å². The molecule has 2 aliphatic carbocycles. The molecule has 0 heterocycles. The molecular weight excluding hydrogens is 528 g/mol. The topological polar surface area (TPSA) is 80.6 Å². The second kappa shape index (κ2) is 10.5. The zero-order chi connectivity index (χ0) is 26.2. The summed E-state index contributed by atoms with van der Waals surface area (Å²) in [5, 5.41) is 10.8. The first-order valence-corrected chi connectivity index (χ1v) is 14.5. The van der Waals surface area contributed by atoms with Gasteiger partial charge < -0.3 is 14.2 Å². The van der Waals surface area contributed by atoms with E-state index in [0.29, 0.717) is 0 Å². The van der Waals surface area contributed by atoms with Crippen LogP contribution in [0.1, 0.15) is 72.4 Å². The number of hydrogen-bond donors (Lipinski definition) is 1. The average molecular weight is 570 g/mol. The maximum absolute atomic E-state index is 13.9. The third-order valence-corrected chi connectivity index (χ3v) is 9.85. The Kier molecular flexibility index (Phi) is 8.63. The lowest BCUT2D eigenvalue weighted by atomic mass is 9.54. The van der Waals surface area contributed by atoms with Crippen molar-refractivity contribution in [2.75, 3.05) is 20.3 Å². The summed E-state index contributed by atoms with van der Waals surface area (Å²) in [5.74, 6) is -1.22. The molecule has 1 aromatic carbocycles. The van der Waals surface area contributed by atoms with Gasteiger partial charge in [-0.25, -0.2) is 8.93 Å². The second-order valence-electron chi connectivity index (χ2n) is 11.1. The first-order chi connectivity index (χ1) is 16.4. The van der Waals surface area contributed by atoms with Gasteiger partial charge >= 0.3 is 0 Å². The predicted molar refractivity (Wildman–Crippen MR) is 143 cm³/mol. The van der Waals surface area contributed by atoms with E-state index in [-0.39, 0.29) is 31.2 Å². The number of benzene rings is 1. The molecule has 35 heavy (non-hydrogen) atoms. The normalized spacial score (nSPS) is 31.8. The van der Waals surface area contributed by atoms with Crippen LogP contribution < -0.4 is 4.72 Å². The van der Waals surface area contributed by atoms with E-state index in [9.17, 15) is 9.47 Å². The van der Waals surface area contributed by atoms with Gasteiger partial charge in [-0.05, 0) is 89.0 Å². The van der Waals surface area contributed by atoms with E-state index >= 15 is 0 Å². The lowest BCUT2D eigenvalue weighted by Crippen LogP contribution is -2.71. The van der Waals surface area contributed by atoms with Crippen molar-refractivity contribution in [2.24, 2.45) is 17.3 Å². The molecule has 2 unspecified atom stereocenters. The third-order valence-electron chi connectivity index (χ3n) is 7.76. The van der Waals surface area contributed by atoms with Crippen molar-refractivity contribution in [1.29, 1.82) is 5.26 Å². The molecule has 196 valence electrons. The molecule has 8 heteroatoms. The molecule has 0 radical (unpaired) electrons. The van der Waals surface area contributed by atoms with Crippen LogP contribution in [-0.2, 0) is 37.2 Å². The summed E-state index contributed by atoms with van der Waals surface area (Å²) < 4.78 is 36.4. The van der Waals surface area contributed by atoms with Gasteiger partial charge in [0, 0.05) is 30.2 Å². The summed E-state index contributed by atoms with van der Waals surface area (Å²) in [6.45, 7) is 14.6. The zero-order valence-electron chi connectivity index (χ0n) is 22.4. The van der Waals surface area contributed by atoms with Crippen molar-refractivity contribution in [3.63, 3.8) is 0 Å². The van der Waals surface area contributed by atoms with Gasteiger partial charge in [0.15, 0.2) is 0 Å². The van der Waals surface area contributed by atoms with Crippen LogP contribution >= 0.6 is 15.9 Å². The maximum Gasteiger partial charge on any atom is 0.283 e. The minimum absolute atomic E-state index is 0.109. The number of nitrogens with one attached hydrogen (secondary N) is 1. The van der Waals surface area contributed by atoms with Crippen molar-refractivity contribution in [3.8, 4) is 6.07 Å². The van der Waals surface area contributed by atoms with Gasteiger partial charge in [0.05, 0.1) is 21.8 Å². The Morgan fingerprint density at radius 1 is 1.17 bits per heavy atom. The monoisotopic (exact) mass is 568 g/mol. The van der Waals surface area contributed by atoms with Crippen LogP contribution in [0.2, 0.25) is 0 Å². The molecule has 2 aliphatic rings. The van der Waals surface area contributed by atoms with Crippen molar-refractivity contribution in [3.05, 3.63) is 33.8 Å². The van der Waals surface area contributed by atoms with E-state index in [1.807, 2.05) is 40.7 Å². The van der Waals surface area contributed by atoms with Gasteiger partial charge in [0.2, 0.25) is 0 Å². The number of nitrogens with zero attached hydrogens (tertiary/aromatic N) is 1. The second-order valence-corrected chi connectivity index (χ2v) is 14.0. The minimum atomic E-state index is -1.68. The fraction of sp³-hybridized carbons (Fsp3) is 0.741. The fourth-order valence-corrected chi connectivity index (χ4v) is 8.13. The van der Waals surface area contributed by atoms with Gasteiger partial charge in [-0.2, -0.15) is 5.26 Å². The molecule has 1 fully saturated rings. The van der Waals surface area contributed by atoms with Crippen molar-refractivity contribution < 1.29 is 18.4 Å². The Morgan fingerprint density at radius 2 is 1.74 bits per heavy atom. The predicted octanol–water partition coefficient (Wildman–Crippen LogP) is 5.61. The maximum atomic E-state index is 13.9. The Hall–Kier alpha value is -0.820. The highest BCUT2D eigenvalue weighted by atomic mass is 79.9. The highest BCUT2D eigenvalue weighted by Crippen LogP contribution is 2.65. The molecule has 6 nitrogen and oxygen atoms in total. The molecule has 1 aromatic rings. The molecule has 1 N–H and O–H groups in total. The Labute approximate surface area is 222 Å². The first kappa shape index (κ1) is 28.7. The van der Waals surface area contributed by atoms with Crippen LogP contribution in [0.15, 0.2) is 22.7 Å². The van der Waals surface area contributed by atoms with E-state index in [4.69, 9.17) is 14.2 Å².